The monoisotopic (exact) mass is 266 g/mol. The number of hydrogen-bond acceptors (Lipinski definition) is 5. The predicted octanol–water partition coefficient (Wildman–Crippen LogP) is 1.70. The van der Waals surface area contributed by atoms with Gasteiger partial charge in [-0.05, 0) is 33.9 Å². The molecule has 0 aromatic carbocycles. The van der Waals surface area contributed by atoms with E-state index in [1.807, 2.05) is 0 Å². The minimum absolute atomic E-state index is 0.525. The van der Waals surface area contributed by atoms with E-state index in [-0.39, 0.29) is 0 Å². The van der Waals surface area contributed by atoms with Gasteiger partial charge in [-0.1, -0.05) is 6.92 Å². The molecule has 1 aromatic heterocycles. The van der Waals surface area contributed by atoms with Crippen LogP contribution in [-0.4, -0.2) is 48.6 Å². The number of oxazole rings is 1. The van der Waals surface area contributed by atoms with Gasteiger partial charge in [0.05, 0.1) is 5.69 Å². The molecule has 2 heterocycles. The van der Waals surface area contributed by atoms with Crippen LogP contribution in [0.5, 0.6) is 0 Å². The third-order valence-electron chi connectivity index (χ3n) is 3.90. The van der Waals surface area contributed by atoms with Gasteiger partial charge >= 0.3 is 0 Å². The summed E-state index contributed by atoms with van der Waals surface area (Å²) in [6.45, 7) is 10.4. The Morgan fingerprint density at radius 3 is 2.68 bits per heavy atom. The lowest BCUT2D eigenvalue weighted by Crippen LogP contribution is -2.55. The number of nitrogens with one attached hydrogen (secondary N) is 1. The Hall–Kier alpha value is -1.07. The Kier molecular flexibility index (Phi) is 4.82. The lowest BCUT2D eigenvalue weighted by molar-refractivity contribution is 0.166. The molecule has 2 unspecified atom stereocenters. The van der Waals surface area contributed by atoms with E-state index in [0.29, 0.717) is 12.1 Å². The molecule has 2 atom stereocenters. The fraction of sp³-hybridized carbons (Fsp3) is 0.786. The second-order valence-corrected chi connectivity index (χ2v) is 5.57. The summed E-state index contributed by atoms with van der Waals surface area (Å²) in [5.41, 5.74) is 0.989. The normalized spacial score (nSPS) is 24.9. The van der Waals surface area contributed by atoms with Gasteiger partial charge in [0.2, 0.25) is 0 Å². The lowest BCUT2D eigenvalue weighted by Gasteiger charge is -2.41. The third-order valence-corrected chi connectivity index (χ3v) is 3.90. The van der Waals surface area contributed by atoms with Crippen molar-refractivity contribution < 1.29 is 4.42 Å². The van der Waals surface area contributed by atoms with Gasteiger partial charge in [0.1, 0.15) is 6.26 Å². The molecule has 1 aliphatic rings. The maximum Gasteiger partial charge on any atom is 0.297 e. The standard InChI is InChI=1S/C14H26N4O/c1-5-6-15-7-13-10-19-14(16-13)18-8-11(2)17(4)12(3)9-18/h10-12,15H,5-9H2,1-4H3. The van der Waals surface area contributed by atoms with E-state index in [4.69, 9.17) is 4.42 Å². The van der Waals surface area contributed by atoms with E-state index in [2.05, 4.69) is 47.9 Å². The molecule has 0 saturated carbocycles. The van der Waals surface area contributed by atoms with Crippen molar-refractivity contribution in [3.8, 4) is 0 Å². The highest BCUT2D eigenvalue weighted by atomic mass is 16.4. The molecule has 108 valence electrons. The summed E-state index contributed by atoms with van der Waals surface area (Å²) in [7, 11) is 2.18. The van der Waals surface area contributed by atoms with Gasteiger partial charge < -0.3 is 14.6 Å². The largest absolute Gasteiger partial charge is 0.432 e. The molecule has 5 heteroatoms. The summed E-state index contributed by atoms with van der Waals surface area (Å²) in [6.07, 6.45) is 2.91. The number of anilines is 1. The number of nitrogens with zero attached hydrogens (tertiary/aromatic N) is 3. The Bertz CT molecular complexity index is 381. The molecule has 0 amide bonds. The van der Waals surface area contributed by atoms with Crippen LogP contribution in [0.3, 0.4) is 0 Å². The van der Waals surface area contributed by atoms with Crippen molar-refractivity contribution in [1.29, 1.82) is 0 Å². The topological polar surface area (TPSA) is 44.5 Å². The second-order valence-electron chi connectivity index (χ2n) is 5.57. The van der Waals surface area contributed by atoms with Crippen LogP contribution in [-0.2, 0) is 6.54 Å². The predicted molar refractivity (Wildman–Crippen MR) is 77.4 cm³/mol. The summed E-state index contributed by atoms with van der Waals surface area (Å²) in [6, 6.07) is 1.81. The lowest BCUT2D eigenvalue weighted by atomic mass is 10.1. The molecule has 1 aromatic rings. The van der Waals surface area contributed by atoms with Crippen LogP contribution < -0.4 is 10.2 Å². The Morgan fingerprint density at radius 1 is 1.37 bits per heavy atom. The first-order valence-electron chi connectivity index (χ1n) is 7.23. The fourth-order valence-electron chi connectivity index (χ4n) is 2.48. The SMILES string of the molecule is CCCNCc1coc(N2CC(C)N(C)C(C)C2)n1. The van der Waals surface area contributed by atoms with E-state index in [9.17, 15) is 0 Å². The van der Waals surface area contributed by atoms with Gasteiger partial charge in [0, 0.05) is 31.7 Å². The second kappa shape index (κ2) is 6.39. The smallest absolute Gasteiger partial charge is 0.297 e. The van der Waals surface area contributed by atoms with Crippen molar-refractivity contribution in [2.24, 2.45) is 0 Å². The van der Waals surface area contributed by atoms with Crippen LogP contribution in [0, 0.1) is 0 Å². The zero-order valence-corrected chi connectivity index (χ0v) is 12.5. The van der Waals surface area contributed by atoms with Gasteiger partial charge in [-0.15, -0.1) is 0 Å². The Balaban J connectivity index is 1.94. The highest BCUT2D eigenvalue weighted by molar-refractivity contribution is 5.29. The molecule has 1 fully saturated rings. The zero-order chi connectivity index (χ0) is 13.8. The number of aromatic nitrogens is 1. The number of hydrogen-bond donors (Lipinski definition) is 1. The number of piperazine rings is 1. The summed E-state index contributed by atoms with van der Waals surface area (Å²) in [5, 5.41) is 3.34. The van der Waals surface area contributed by atoms with Crippen molar-refractivity contribution in [3.05, 3.63) is 12.0 Å². The third kappa shape index (κ3) is 3.48. The molecule has 0 spiro atoms. The minimum atomic E-state index is 0.525. The molecule has 1 aliphatic heterocycles. The average molecular weight is 266 g/mol. The summed E-state index contributed by atoms with van der Waals surface area (Å²) >= 11 is 0. The molecule has 19 heavy (non-hydrogen) atoms. The molecule has 1 N–H and O–H groups in total. The molecule has 0 radical (unpaired) electrons. The minimum Gasteiger partial charge on any atom is -0.432 e. The van der Waals surface area contributed by atoms with Gasteiger partial charge in [0.15, 0.2) is 0 Å². The van der Waals surface area contributed by atoms with E-state index in [0.717, 1.165) is 44.3 Å². The van der Waals surface area contributed by atoms with Gasteiger partial charge in [0.25, 0.3) is 6.01 Å². The van der Waals surface area contributed by atoms with E-state index in [1.165, 1.54) is 0 Å². The summed E-state index contributed by atoms with van der Waals surface area (Å²) in [4.78, 5) is 9.23. The van der Waals surface area contributed by atoms with Gasteiger partial charge in [-0.3, -0.25) is 4.90 Å². The van der Waals surface area contributed by atoms with Crippen LogP contribution in [0.15, 0.2) is 10.7 Å². The summed E-state index contributed by atoms with van der Waals surface area (Å²) < 4.78 is 5.62. The summed E-state index contributed by atoms with van der Waals surface area (Å²) in [5.74, 6) is 0. The van der Waals surface area contributed by atoms with Crippen molar-refractivity contribution in [3.63, 3.8) is 0 Å². The Labute approximate surface area is 116 Å². The van der Waals surface area contributed by atoms with Crippen molar-refractivity contribution in [1.82, 2.24) is 15.2 Å². The van der Waals surface area contributed by atoms with Crippen molar-refractivity contribution in [2.75, 3.05) is 31.6 Å². The molecule has 1 saturated heterocycles. The van der Waals surface area contributed by atoms with Crippen molar-refractivity contribution in [2.45, 2.75) is 45.8 Å². The Morgan fingerprint density at radius 2 is 2.05 bits per heavy atom. The highest BCUT2D eigenvalue weighted by Crippen LogP contribution is 2.20. The molecular formula is C14H26N4O. The van der Waals surface area contributed by atoms with E-state index >= 15 is 0 Å². The molecular weight excluding hydrogens is 240 g/mol. The van der Waals surface area contributed by atoms with Crippen molar-refractivity contribution >= 4 is 6.01 Å². The number of likely N-dealkylation sites (N-methyl/N-ethyl adjacent to an activating group) is 1. The van der Waals surface area contributed by atoms with Crippen LogP contribution in [0.4, 0.5) is 6.01 Å². The van der Waals surface area contributed by atoms with Gasteiger partial charge in [-0.25, -0.2) is 0 Å². The maximum atomic E-state index is 5.62. The molecule has 0 bridgehead atoms. The molecule has 2 rings (SSSR count). The van der Waals surface area contributed by atoms with Crippen LogP contribution in [0.1, 0.15) is 32.9 Å². The highest BCUT2D eigenvalue weighted by Gasteiger charge is 2.28. The molecule has 5 nitrogen and oxygen atoms in total. The first-order chi connectivity index (χ1) is 9.11. The maximum absolute atomic E-state index is 5.62. The first kappa shape index (κ1) is 14.3. The zero-order valence-electron chi connectivity index (χ0n) is 12.5. The quantitative estimate of drug-likeness (QED) is 0.822. The van der Waals surface area contributed by atoms with E-state index in [1.54, 1.807) is 6.26 Å². The fourth-order valence-corrected chi connectivity index (χ4v) is 2.48. The molecule has 0 aliphatic carbocycles. The first-order valence-corrected chi connectivity index (χ1v) is 7.23. The van der Waals surface area contributed by atoms with E-state index < -0.39 is 0 Å². The van der Waals surface area contributed by atoms with Crippen LogP contribution in [0.2, 0.25) is 0 Å². The average Bonchev–Trinajstić information content (AvgIpc) is 2.84. The van der Waals surface area contributed by atoms with Crippen LogP contribution >= 0.6 is 0 Å². The van der Waals surface area contributed by atoms with Crippen LogP contribution in [0.25, 0.3) is 0 Å². The van der Waals surface area contributed by atoms with Gasteiger partial charge in [-0.2, -0.15) is 4.98 Å². The number of rotatable bonds is 5.